The summed E-state index contributed by atoms with van der Waals surface area (Å²) in [6.07, 6.45) is 1.73. The lowest BCUT2D eigenvalue weighted by molar-refractivity contribution is 0.102. The van der Waals surface area contributed by atoms with Gasteiger partial charge in [0.1, 0.15) is 0 Å². The lowest BCUT2D eigenvalue weighted by Crippen LogP contribution is -2.11. The Morgan fingerprint density at radius 1 is 1.00 bits per heavy atom. The molecule has 0 aliphatic carbocycles. The third kappa shape index (κ3) is 2.64. The lowest BCUT2D eigenvalue weighted by atomic mass is 10.1. The summed E-state index contributed by atoms with van der Waals surface area (Å²) in [7, 11) is 0. The Kier molecular flexibility index (Phi) is 3.63. The van der Waals surface area contributed by atoms with E-state index in [0.717, 1.165) is 25.5 Å². The van der Waals surface area contributed by atoms with Crippen LogP contribution in [0, 0.1) is 0 Å². The van der Waals surface area contributed by atoms with Crippen LogP contribution in [0.4, 0.5) is 5.69 Å². The van der Waals surface area contributed by atoms with Crippen LogP contribution in [0.25, 0.3) is 10.9 Å². The van der Waals surface area contributed by atoms with Crippen molar-refractivity contribution in [2.75, 3.05) is 5.32 Å². The number of carbonyl (C=O) groups excluding carboxylic acids is 1. The van der Waals surface area contributed by atoms with E-state index in [0.29, 0.717) is 5.56 Å². The molecule has 0 atom stereocenters. The molecule has 2 aromatic carbocycles. The first kappa shape index (κ1) is 13.4. The number of nitrogens with one attached hydrogen (secondary N) is 2. The van der Waals surface area contributed by atoms with Crippen molar-refractivity contribution in [3.05, 3.63) is 63.2 Å². The molecule has 0 saturated carbocycles. The fourth-order valence-corrected chi connectivity index (χ4v) is 2.64. The van der Waals surface area contributed by atoms with E-state index in [2.05, 4.69) is 42.2 Å². The van der Waals surface area contributed by atoms with Crippen LogP contribution < -0.4 is 5.32 Å². The Hall–Kier alpha value is -1.59. The number of hydrogen-bond donors (Lipinski definition) is 2. The number of benzene rings is 2. The molecule has 0 aliphatic heterocycles. The molecule has 0 aliphatic rings. The molecule has 0 bridgehead atoms. The predicted molar refractivity (Wildman–Crippen MR) is 88.1 cm³/mol. The van der Waals surface area contributed by atoms with Gasteiger partial charge in [0.15, 0.2) is 0 Å². The molecule has 0 spiro atoms. The quantitative estimate of drug-likeness (QED) is 0.635. The van der Waals surface area contributed by atoms with Gasteiger partial charge in [-0.15, -0.1) is 0 Å². The number of hydrogen-bond acceptors (Lipinski definition) is 1. The molecular formula is C15H10Br2N2O. The summed E-state index contributed by atoms with van der Waals surface area (Å²) in [5.74, 6) is -0.124. The number of fused-ring (bicyclic) bond motifs is 1. The fourth-order valence-electron chi connectivity index (χ4n) is 2.02. The van der Waals surface area contributed by atoms with Crippen LogP contribution in [0.15, 0.2) is 57.6 Å². The minimum absolute atomic E-state index is 0.124. The first-order chi connectivity index (χ1) is 9.63. The monoisotopic (exact) mass is 392 g/mol. The van der Waals surface area contributed by atoms with Crippen molar-refractivity contribution < 1.29 is 4.79 Å². The van der Waals surface area contributed by atoms with Crippen LogP contribution in [-0.2, 0) is 0 Å². The average Bonchev–Trinajstić information content (AvgIpc) is 2.84. The summed E-state index contributed by atoms with van der Waals surface area (Å²) in [6, 6.07) is 13.3. The van der Waals surface area contributed by atoms with E-state index in [1.807, 2.05) is 42.5 Å². The normalized spacial score (nSPS) is 10.7. The number of anilines is 1. The Bertz CT molecular complexity index is 778. The van der Waals surface area contributed by atoms with Crippen LogP contribution in [0.5, 0.6) is 0 Å². The molecule has 3 rings (SSSR count). The van der Waals surface area contributed by atoms with Crippen molar-refractivity contribution in [3.8, 4) is 0 Å². The highest BCUT2D eigenvalue weighted by molar-refractivity contribution is 9.10. The summed E-state index contributed by atoms with van der Waals surface area (Å²) >= 11 is 6.78. The van der Waals surface area contributed by atoms with Gasteiger partial charge in [0.25, 0.3) is 5.91 Å². The molecule has 1 amide bonds. The molecule has 0 radical (unpaired) electrons. The molecule has 100 valence electrons. The van der Waals surface area contributed by atoms with E-state index in [9.17, 15) is 4.79 Å². The van der Waals surface area contributed by atoms with Gasteiger partial charge in [-0.1, -0.05) is 37.9 Å². The lowest BCUT2D eigenvalue weighted by Gasteiger charge is -2.04. The van der Waals surface area contributed by atoms with E-state index in [1.165, 1.54) is 0 Å². The number of rotatable bonds is 2. The number of aromatic amines is 1. The summed E-state index contributed by atoms with van der Waals surface area (Å²) in [5, 5.41) is 3.79. The fraction of sp³-hybridized carbons (Fsp3) is 0. The summed E-state index contributed by atoms with van der Waals surface area (Å²) < 4.78 is 1.96. The van der Waals surface area contributed by atoms with Crippen molar-refractivity contribution in [2.24, 2.45) is 0 Å². The molecular weight excluding hydrogens is 384 g/mol. The summed E-state index contributed by atoms with van der Waals surface area (Å²) in [5.41, 5.74) is 2.33. The summed E-state index contributed by atoms with van der Waals surface area (Å²) in [4.78, 5) is 15.4. The zero-order valence-electron chi connectivity index (χ0n) is 10.3. The number of H-pyrrole nitrogens is 1. The molecule has 0 saturated heterocycles. The Morgan fingerprint density at radius 3 is 2.45 bits per heavy atom. The van der Waals surface area contributed by atoms with Gasteiger partial charge < -0.3 is 10.3 Å². The second-order valence-electron chi connectivity index (χ2n) is 4.35. The summed E-state index contributed by atoms with van der Waals surface area (Å²) in [6.45, 7) is 0. The predicted octanol–water partition coefficient (Wildman–Crippen LogP) is 4.95. The third-order valence-corrected chi connectivity index (χ3v) is 4.01. The van der Waals surface area contributed by atoms with Gasteiger partial charge in [-0.05, 0) is 36.4 Å². The largest absolute Gasteiger partial charge is 0.360 e. The van der Waals surface area contributed by atoms with Crippen LogP contribution in [-0.4, -0.2) is 10.9 Å². The van der Waals surface area contributed by atoms with Gasteiger partial charge in [0.2, 0.25) is 0 Å². The van der Waals surface area contributed by atoms with E-state index < -0.39 is 0 Å². The number of halogens is 2. The van der Waals surface area contributed by atoms with E-state index in [-0.39, 0.29) is 5.91 Å². The zero-order chi connectivity index (χ0) is 14.1. The van der Waals surface area contributed by atoms with Gasteiger partial charge in [0.05, 0.1) is 5.56 Å². The SMILES string of the molecule is O=C(Nc1ccc(Br)cc1)c1c[nH]c2cc(Br)ccc12. The first-order valence-electron chi connectivity index (χ1n) is 5.97. The second-order valence-corrected chi connectivity index (χ2v) is 6.18. The standard InChI is InChI=1S/C15H10Br2N2O/c16-9-1-4-11(5-2-9)19-15(20)13-8-18-14-7-10(17)3-6-12(13)14/h1-8,18H,(H,19,20). The van der Waals surface area contributed by atoms with Crippen molar-refractivity contribution in [2.45, 2.75) is 0 Å². The molecule has 5 heteroatoms. The molecule has 1 aromatic heterocycles. The molecule has 2 N–H and O–H groups in total. The van der Waals surface area contributed by atoms with Gasteiger partial charge in [-0.25, -0.2) is 0 Å². The number of carbonyl (C=O) groups is 1. The smallest absolute Gasteiger partial charge is 0.257 e. The first-order valence-corrected chi connectivity index (χ1v) is 7.55. The highest BCUT2D eigenvalue weighted by Gasteiger charge is 2.12. The molecule has 0 unspecified atom stereocenters. The second kappa shape index (κ2) is 5.42. The Balaban J connectivity index is 1.91. The van der Waals surface area contributed by atoms with Crippen molar-refractivity contribution in [3.63, 3.8) is 0 Å². The van der Waals surface area contributed by atoms with Crippen molar-refractivity contribution in [1.82, 2.24) is 4.98 Å². The third-order valence-electron chi connectivity index (χ3n) is 2.99. The van der Waals surface area contributed by atoms with E-state index in [1.54, 1.807) is 6.20 Å². The Morgan fingerprint density at radius 2 is 1.70 bits per heavy atom. The van der Waals surface area contributed by atoms with E-state index in [4.69, 9.17) is 0 Å². The maximum Gasteiger partial charge on any atom is 0.257 e. The molecule has 0 fully saturated rings. The van der Waals surface area contributed by atoms with Gasteiger partial charge in [-0.2, -0.15) is 0 Å². The van der Waals surface area contributed by atoms with Gasteiger partial charge in [0, 0.05) is 31.7 Å². The van der Waals surface area contributed by atoms with Crippen LogP contribution >= 0.6 is 31.9 Å². The highest BCUT2D eigenvalue weighted by atomic mass is 79.9. The maximum atomic E-state index is 12.3. The number of amides is 1. The molecule has 20 heavy (non-hydrogen) atoms. The van der Waals surface area contributed by atoms with Gasteiger partial charge in [-0.3, -0.25) is 4.79 Å². The molecule has 1 heterocycles. The zero-order valence-corrected chi connectivity index (χ0v) is 13.5. The van der Waals surface area contributed by atoms with E-state index >= 15 is 0 Å². The molecule has 3 aromatic rings. The minimum atomic E-state index is -0.124. The molecule has 3 nitrogen and oxygen atoms in total. The van der Waals surface area contributed by atoms with Crippen LogP contribution in [0.2, 0.25) is 0 Å². The average molecular weight is 394 g/mol. The topological polar surface area (TPSA) is 44.9 Å². The Labute approximate surface area is 132 Å². The van der Waals surface area contributed by atoms with Gasteiger partial charge >= 0.3 is 0 Å². The van der Waals surface area contributed by atoms with Crippen LogP contribution in [0.1, 0.15) is 10.4 Å². The van der Waals surface area contributed by atoms with Crippen molar-refractivity contribution in [1.29, 1.82) is 0 Å². The van der Waals surface area contributed by atoms with Crippen molar-refractivity contribution >= 4 is 54.4 Å². The maximum absolute atomic E-state index is 12.3. The minimum Gasteiger partial charge on any atom is -0.360 e. The van der Waals surface area contributed by atoms with Crippen LogP contribution in [0.3, 0.4) is 0 Å². The number of aromatic nitrogens is 1. The highest BCUT2D eigenvalue weighted by Crippen LogP contribution is 2.23.